The fraction of sp³-hybridized carbons (Fsp3) is 0.263. The van der Waals surface area contributed by atoms with Gasteiger partial charge in [-0.2, -0.15) is 0 Å². The molecule has 3 rings (SSSR count). The van der Waals surface area contributed by atoms with Crippen molar-refractivity contribution in [1.29, 1.82) is 0 Å². The number of nitrogens with zero attached hydrogens (tertiary/aromatic N) is 1. The van der Waals surface area contributed by atoms with Gasteiger partial charge in [-0.3, -0.25) is 10.1 Å². The summed E-state index contributed by atoms with van der Waals surface area (Å²) in [5.41, 5.74) is 3.03. The molecule has 8 heteroatoms. The number of rotatable bonds is 3. The molecule has 0 bridgehead atoms. The van der Waals surface area contributed by atoms with Crippen LogP contribution in [0.15, 0.2) is 36.4 Å². The summed E-state index contributed by atoms with van der Waals surface area (Å²) >= 11 is 17.5. The Morgan fingerprint density at radius 2 is 1.89 bits per heavy atom. The number of hydrogen-bond donors (Lipinski definition) is 2. The van der Waals surface area contributed by atoms with Gasteiger partial charge in [0.1, 0.15) is 0 Å². The molecule has 0 radical (unpaired) electrons. The maximum Gasteiger partial charge on any atom is 0.257 e. The average molecular weight is 424 g/mol. The molecule has 0 aromatic heterocycles. The summed E-state index contributed by atoms with van der Waals surface area (Å²) in [4.78, 5) is 14.6. The first-order chi connectivity index (χ1) is 12.9. The maximum absolute atomic E-state index is 12.4. The highest BCUT2D eigenvalue weighted by Crippen LogP contribution is 2.30. The van der Waals surface area contributed by atoms with Crippen LogP contribution in [0.4, 0.5) is 11.4 Å². The van der Waals surface area contributed by atoms with Gasteiger partial charge in [-0.1, -0.05) is 29.3 Å². The predicted molar refractivity (Wildman–Crippen MR) is 114 cm³/mol. The third-order valence-corrected chi connectivity index (χ3v) is 5.07. The Kier molecular flexibility index (Phi) is 6.55. The van der Waals surface area contributed by atoms with E-state index < -0.39 is 0 Å². The Balaban J connectivity index is 1.72. The largest absolute Gasteiger partial charge is 0.378 e. The van der Waals surface area contributed by atoms with Gasteiger partial charge in [-0.05, 0) is 55.0 Å². The highest BCUT2D eigenvalue weighted by atomic mass is 35.5. The number of nitrogens with one attached hydrogen (secondary N) is 2. The van der Waals surface area contributed by atoms with E-state index in [-0.39, 0.29) is 11.0 Å². The molecule has 5 nitrogen and oxygen atoms in total. The third kappa shape index (κ3) is 5.11. The molecule has 0 saturated carbocycles. The Hall–Kier alpha value is -1.86. The lowest BCUT2D eigenvalue weighted by Gasteiger charge is -2.30. The van der Waals surface area contributed by atoms with Crippen LogP contribution in [-0.2, 0) is 4.74 Å². The van der Waals surface area contributed by atoms with Gasteiger partial charge in [-0.25, -0.2) is 0 Å². The molecule has 1 aliphatic rings. The minimum absolute atomic E-state index is 0.188. The lowest BCUT2D eigenvalue weighted by molar-refractivity contribution is 0.0977. The molecule has 0 atom stereocenters. The number of carbonyl (C=O) groups is 1. The van der Waals surface area contributed by atoms with Crippen LogP contribution in [0.25, 0.3) is 0 Å². The zero-order chi connectivity index (χ0) is 19.4. The summed E-state index contributed by atoms with van der Waals surface area (Å²) in [6.45, 7) is 4.76. The SMILES string of the molecule is Cc1ccc(C(=O)NC(=S)Nc2cc(Cl)ccc2N2CCOCC2)cc1Cl. The van der Waals surface area contributed by atoms with Crippen molar-refractivity contribution in [3.8, 4) is 0 Å². The van der Waals surface area contributed by atoms with Gasteiger partial charge >= 0.3 is 0 Å². The molecule has 0 unspecified atom stereocenters. The summed E-state index contributed by atoms with van der Waals surface area (Å²) in [5, 5.41) is 7.05. The van der Waals surface area contributed by atoms with Gasteiger partial charge in [0.15, 0.2) is 5.11 Å². The van der Waals surface area contributed by atoms with Crippen molar-refractivity contribution >= 4 is 57.8 Å². The highest BCUT2D eigenvalue weighted by Gasteiger charge is 2.17. The van der Waals surface area contributed by atoms with E-state index in [1.165, 1.54) is 0 Å². The lowest BCUT2D eigenvalue weighted by Crippen LogP contribution is -2.38. The van der Waals surface area contributed by atoms with Gasteiger partial charge in [0.05, 0.1) is 24.6 Å². The minimum atomic E-state index is -0.329. The maximum atomic E-state index is 12.4. The van der Waals surface area contributed by atoms with Crippen molar-refractivity contribution < 1.29 is 9.53 Å². The average Bonchev–Trinajstić information content (AvgIpc) is 2.64. The second-order valence-corrected chi connectivity index (χ2v) is 7.38. The summed E-state index contributed by atoms with van der Waals surface area (Å²) < 4.78 is 5.40. The van der Waals surface area contributed by atoms with Crippen LogP contribution in [0.1, 0.15) is 15.9 Å². The first-order valence-corrected chi connectivity index (χ1v) is 9.61. The molecular weight excluding hydrogens is 405 g/mol. The molecule has 142 valence electrons. The number of hydrogen-bond acceptors (Lipinski definition) is 4. The second kappa shape index (κ2) is 8.89. The van der Waals surface area contributed by atoms with E-state index in [0.717, 1.165) is 30.0 Å². The number of anilines is 2. The van der Waals surface area contributed by atoms with E-state index >= 15 is 0 Å². The summed E-state index contributed by atoms with van der Waals surface area (Å²) in [6.07, 6.45) is 0. The predicted octanol–water partition coefficient (Wildman–Crippen LogP) is 4.27. The Morgan fingerprint density at radius 1 is 1.15 bits per heavy atom. The molecule has 1 fully saturated rings. The number of aryl methyl sites for hydroxylation is 1. The molecule has 27 heavy (non-hydrogen) atoms. The van der Waals surface area contributed by atoms with Gasteiger partial charge in [-0.15, -0.1) is 0 Å². The van der Waals surface area contributed by atoms with Crippen LogP contribution < -0.4 is 15.5 Å². The smallest absolute Gasteiger partial charge is 0.257 e. The first kappa shape index (κ1) is 19.9. The monoisotopic (exact) mass is 423 g/mol. The fourth-order valence-electron chi connectivity index (χ4n) is 2.75. The summed E-state index contributed by atoms with van der Waals surface area (Å²) in [5.74, 6) is -0.329. The highest BCUT2D eigenvalue weighted by molar-refractivity contribution is 7.80. The standard InChI is InChI=1S/C19H19Cl2N3O2S/c1-12-2-3-13(10-15(12)21)18(25)23-19(27)22-16-11-14(20)4-5-17(16)24-6-8-26-9-7-24/h2-5,10-11H,6-9H2,1H3,(H2,22,23,25,27). The zero-order valence-electron chi connectivity index (χ0n) is 14.7. The van der Waals surface area contributed by atoms with Gasteiger partial charge in [0.25, 0.3) is 5.91 Å². The number of benzene rings is 2. The van der Waals surface area contributed by atoms with E-state index in [1.807, 2.05) is 19.1 Å². The van der Waals surface area contributed by atoms with Crippen LogP contribution in [0, 0.1) is 6.92 Å². The normalized spacial score (nSPS) is 14.0. The molecule has 2 N–H and O–H groups in total. The summed E-state index contributed by atoms with van der Waals surface area (Å²) in [6, 6.07) is 10.7. The number of carbonyl (C=O) groups excluding carboxylic acids is 1. The molecular formula is C19H19Cl2N3O2S. The molecule has 1 heterocycles. The molecule has 1 amide bonds. The molecule has 1 saturated heterocycles. The molecule has 2 aromatic carbocycles. The minimum Gasteiger partial charge on any atom is -0.378 e. The van der Waals surface area contributed by atoms with Gasteiger partial charge in [0, 0.05) is 28.7 Å². The van der Waals surface area contributed by atoms with Crippen molar-refractivity contribution in [2.45, 2.75) is 6.92 Å². The molecule has 2 aromatic rings. The van der Waals surface area contributed by atoms with Crippen molar-refractivity contribution in [2.75, 3.05) is 36.5 Å². The van der Waals surface area contributed by atoms with E-state index in [2.05, 4.69) is 15.5 Å². The number of amides is 1. The Morgan fingerprint density at radius 3 is 2.59 bits per heavy atom. The molecule has 1 aliphatic heterocycles. The lowest BCUT2D eigenvalue weighted by atomic mass is 10.1. The number of halogens is 2. The Labute approximate surface area is 173 Å². The van der Waals surface area contributed by atoms with E-state index in [1.54, 1.807) is 24.3 Å². The van der Waals surface area contributed by atoms with E-state index in [9.17, 15) is 4.79 Å². The quantitative estimate of drug-likeness (QED) is 0.721. The van der Waals surface area contributed by atoms with Crippen LogP contribution >= 0.6 is 35.4 Å². The number of thiocarbonyl (C=S) groups is 1. The summed E-state index contributed by atoms with van der Waals surface area (Å²) in [7, 11) is 0. The van der Waals surface area contributed by atoms with Crippen LogP contribution in [-0.4, -0.2) is 37.3 Å². The number of morpholine rings is 1. The second-order valence-electron chi connectivity index (χ2n) is 6.13. The van der Waals surface area contributed by atoms with Crippen LogP contribution in [0.2, 0.25) is 10.0 Å². The van der Waals surface area contributed by atoms with Crippen molar-refractivity contribution in [1.82, 2.24) is 5.32 Å². The molecule has 0 aliphatic carbocycles. The first-order valence-electron chi connectivity index (χ1n) is 8.45. The van der Waals surface area contributed by atoms with Crippen LogP contribution in [0.3, 0.4) is 0 Å². The number of ether oxygens (including phenoxy) is 1. The van der Waals surface area contributed by atoms with Crippen molar-refractivity contribution in [3.63, 3.8) is 0 Å². The topological polar surface area (TPSA) is 53.6 Å². The van der Waals surface area contributed by atoms with Gasteiger partial charge in [0.2, 0.25) is 0 Å². The van der Waals surface area contributed by atoms with E-state index in [4.69, 9.17) is 40.2 Å². The van der Waals surface area contributed by atoms with Crippen molar-refractivity contribution in [2.24, 2.45) is 0 Å². The zero-order valence-corrected chi connectivity index (χ0v) is 17.0. The van der Waals surface area contributed by atoms with Gasteiger partial charge < -0.3 is 15.0 Å². The van der Waals surface area contributed by atoms with Crippen LogP contribution in [0.5, 0.6) is 0 Å². The van der Waals surface area contributed by atoms with E-state index in [0.29, 0.717) is 28.8 Å². The fourth-order valence-corrected chi connectivity index (χ4v) is 3.31. The Bertz CT molecular complexity index is 870. The molecule has 0 spiro atoms. The third-order valence-electron chi connectivity index (χ3n) is 4.22. The van der Waals surface area contributed by atoms with Crippen molar-refractivity contribution in [3.05, 3.63) is 57.6 Å².